The number of pyridine rings is 1. The fraction of sp³-hybridized carbons (Fsp3) is 0.125. The molecule has 0 spiro atoms. The molecule has 0 aliphatic heterocycles. The van der Waals surface area contributed by atoms with E-state index >= 15 is 0 Å². The van der Waals surface area contributed by atoms with Gasteiger partial charge in [-0.2, -0.15) is 5.10 Å². The number of benzene rings is 1. The minimum Gasteiger partial charge on any atom is -0.378 e. The Morgan fingerprint density at radius 3 is 2.67 bits per heavy atom. The van der Waals surface area contributed by atoms with Gasteiger partial charge in [-0.25, -0.2) is 4.68 Å². The zero-order chi connectivity index (χ0) is 14.7. The van der Waals surface area contributed by atoms with Gasteiger partial charge in [-0.3, -0.25) is 4.98 Å². The van der Waals surface area contributed by atoms with E-state index in [9.17, 15) is 0 Å². The average molecular weight is 299 g/mol. The van der Waals surface area contributed by atoms with Gasteiger partial charge in [0.05, 0.1) is 23.8 Å². The summed E-state index contributed by atoms with van der Waals surface area (Å²) in [7, 11) is 0. The van der Waals surface area contributed by atoms with Gasteiger partial charge in [0.2, 0.25) is 0 Å². The molecule has 1 aromatic carbocycles. The molecule has 0 atom stereocenters. The summed E-state index contributed by atoms with van der Waals surface area (Å²) in [5.41, 5.74) is 4.20. The molecule has 0 radical (unpaired) electrons. The molecule has 0 amide bonds. The predicted octanol–water partition coefficient (Wildman–Crippen LogP) is 3.84. The highest BCUT2D eigenvalue weighted by atomic mass is 35.5. The summed E-state index contributed by atoms with van der Waals surface area (Å²) in [5.74, 6) is 0. The largest absolute Gasteiger partial charge is 0.378 e. The molecule has 0 saturated carbocycles. The molecule has 0 fully saturated rings. The zero-order valence-corrected chi connectivity index (χ0v) is 12.4. The van der Waals surface area contributed by atoms with Crippen LogP contribution >= 0.6 is 11.6 Å². The molecule has 0 unspecified atom stereocenters. The van der Waals surface area contributed by atoms with E-state index in [1.807, 2.05) is 60.5 Å². The molecule has 1 N–H and O–H groups in total. The second kappa shape index (κ2) is 5.97. The van der Waals surface area contributed by atoms with Crippen LogP contribution in [0.2, 0.25) is 5.02 Å². The van der Waals surface area contributed by atoms with Crippen molar-refractivity contribution in [2.75, 3.05) is 5.32 Å². The summed E-state index contributed by atoms with van der Waals surface area (Å²) in [4.78, 5) is 4.18. The van der Waals surface area contributed by atoms with E-state index < -0.39 is 0 Å². The molecule has 3 aromatic rings. The third kappa shape index (κ3) is 3.23. The molecule has 3 rings (SSSR count). The van der Waals surface area contributed by atoms with E-state index in [0.29, 0.717) is 6.54 Å². The van der Waals surface area contributed by atoms with Crippen LogP contribution in [0.4, 0.5) is 5.69 Å². The molecule has 106 valence electrons. The topological polar surface area (TPSA) is 42.7 Å². The van der Waals surface area contributed by atoms with Crippen LogP contribution in [-0.4, -0.2) is 14.8 Å². The average Bonchev–Trinajstić information content (AvgIpc) is 2.93. The lowest BCUT2D eigenvalue weighted by molar-refractivity contribution is 0.876. The van der Waals surface area contributed by atoms with Crippen molar-refractivity contribution in [3.8, 4) is 5.69 Å². The Balaban J connectivity index is 1.81. The highest BCUT2D eigenvalue weighted by Crippen LogP contribution is 2.19. The van der Waals surface area contributed by atoms with Crippen molar-refractivity contribution in [2.24, 2.45) is 0 Å². The SMILES string of the molecule is Cc1cnn(-c2ccncc2NCc2ccc(Cl)cc2)c1. The molecule has 2 aromatic heterocycles. The normalized spacial score (nSPS) is 10.6. The lowest BCUT2D eigenvalue weighted by Gasteiger charge is -2.11. The van der Waals surface area contributed by atoms with Gasteiger partial charge in [-0.15, -0.1) is 0 Å². The Morgan fingerprint density at radius 2 is 1.95 bits per heavy atom. The first-order valence-electron chi connectivity index (χ1n) is 6.66. The zero-order valence-electron chi connectivity index (χ0n) is 11.6. The third-order valence-corrected chi connectivity index (χ3v) is 3.40. The number of rotatable bonds is 4. The number of halogens is 1. The number of aromatic nitrogens is 3. The smallest absolute Gasteiger partial charge is 0.0908 e. The first-order valence-corrected chi connectivity index (χ1v) is 7.04. The van der Waals surface area contributed by atoms with Crippen LogP contribution in [0.25, 0.3) is 5.69 Å². The molecular weight excluding hydrogens is 284 g/mol. The summed E-state index contributed by atoms with van der Waals surface area (Å²) < 4.78 is 1.85. The van der Waals surface area contributed by atoms with E-state index in [4.69, 9.17) is 11.6 Å². The van der Waals surface area contributed by atoms with Crippen LogP contribution in [0.1, 0.15) is 11.1 Å². The molecule has 0 aliphatic carbocycles. The van der Waals surface area contributed by atoms with Gasteiger partial charge in [0.25, 0.3) is 0 Å². The lowest BCUT2D eigenvalue weighted by atomic mass is 10.2. The number of anilines is 1. The van der Waals surface area contributed by atoms with Crippen LogP contribution in [0, 0.1) is 6.92 Å². The Labute approximate surface area is 128 Å². The third-order valence-electron chi connectivity index (χ3n) is 3.15. The van der Waals surface area contributed by atoms with Crippen LogP contribution in [-0.2, 0) is 6.54 Å². The maximum atomic E-state index is 5.89. The van der Waals surface area contributed by atoms with Gasteiger partial charge in [0.15, 0.2) is 0 Å². The fourth-order valence-electron chi connectivity index (χ4n) is 2.07. The van der Waals surface area contributed by atoms with E-state index in [0.717, 1.165) is 27.5 Å². The van der Waals surface area contributed by atoms with E-state index in [2.05, 4.69) is 15.4 Å². The molecule has 21 heavy (non-hydrogen) atoms. The van der Waals surface area contributed by atoms with Gasteiger partial charge >= 0.3 is 0 Å². The Hall–Kier alpha value is -2.33. The van der Waals surface area contributed by atoms with Crippen molar-refractivity contribution in [3.05, 3.63) is 71.3 Å². The number of aryl methyl sites for hydroxylation is 1. The first kappa shape index (κ1) is 13.6. The van der Waals surface area contributed by atoms with Crippen molar-refractivity contribution in [3.63, 3.8) is 0 Å². The lowest BCUT2D eigenvalue weighted by Crippen LogP contribution is -2.05. The molecule has 0 bridgehead atoms. The minimum absolute atomic E-state index is 0.704. The van der Waals surface area contributed by atoms with Crippen molar-refractivity contribution in [1.29, 1.82) is 0 Å². The molecule has 5 heteroatoms. The maximum Gasteiger partial charge on any atom is 0.0908 e. The first-order chi connectivity index (χ1) is 10.2. The van der Waals surface area contributed by atoms with Gasteiger partial charge in [0, 0.05) is 24.0 Å². The second-order valence-electron chi connectivity index (χ2n) is 4.84. The molecular formula is C16H15ClN4. The number of hydrogen-bond acceptors (Lipinski definition) is 3. The van der Waals surface area contributed by atoms with E-state index in [-0.39, 0.29) is 0 Å². The Morgan fingerprint density at radius 1 is 1.14 bits per heavy atom. The van der Waals surface area contributed by atoms with Crippen molar-refractivity contribution in [1.82, 2.24) is 14.8 Å². The maximum absolute atomic E-state index is 5.89. The monoisotopic (exact) mass is 298 g/mol. The van der Waals surface area contributed by atoms with Gasteiger partial charge in [-0.05, 0) is 36.2 Å². The molecule has 0 saturated heterocycles. The molecule has 2 heterocycles. The van der Waals surface area contributed by atoms with E-state index in [1.54, 1.807) is 6.20 Å². The summed E-state index contributed by atoms with van der Waals surface area (Å²) in [6.07, 6.45) is 7.40. The minimum atomic E-state index is 0.704. The predicted molar refractivity (Wildman–Crippen MR) is 84.9 cm³/mol. The van der Waals surface area contributed by atoms with Crippen LogP contribution in [0.3, 0.4) is 0 Å². The Bertz CT molecular complexity index is 734. The number of hydrogen-bond donors (Lipinski definition) is 1. The van der Waals surface area contributed by atoms with Crippen molar-refractivity contribution < 1.29 is 0 Å². The van der Waals surface area contributed by atoms with Crippen molar-refractivity contribution >= 4 is 17.3 Å². The van der Waals surface area contributed by atoms with Crippen molar-refractivity contribution in [2.45, 2.75) is 13.5 Å². The second-order valence-corrected chi connectivity index (χ2v) is 5.27. The fourth-order valence-corrected chi connectivity index (χ4v) is 2.19. The Kier molecular flexibility index (Phi) is 3.88. The van der Waals surface area contributed by atoms with Gasteiger partial charge in [0.1, 0.15) is 0 Å². The molecule has 4 nitrogen and oxygen atoms in total. The number of nitrogens with zero attached hydrogens (tertiary/aromatic N) is 3. The number of nitrogens with one attached hydrogen (secondary N) is 1. The summed E-state index contributed by atoms with van der Waals surface area (Å²) in [6, 6.07) is 9.72. The van der Waals surface area contributed by atoms with Gasteiger partial charge < -0.3 is 5.32 Å². The molecule has 0 aliphatic rings. The van der Waals surface area contributed by atoms with Crippen LogP contribution < -0.4 is 5.32 Å². The van der Waals surface area contributed by atoms with Gasteiger partial charge in [-0.1, -0.05) is 23.7 Å². The standard InChI is InChI=1S/C16H15ClN4/c1-12-8-20-21(11-12)16-6-7-18-10-15(16)19-9-13-2-4-14(17)5-3-13/h2-8,10-11,19H,9H2,1H3. The van der Waals surface area contributed by atoms with Crippen LogP contribution in [0.5, 0.6) is 0 Å². The van der Waals surface area contributed by atoms with Crippen LogP contribution in [0.15, 0.2) is 55.1 Å². The summed E-state index contributed by atoms with van der Waals surface area (Å²) in [6.45, 7) is 2.72. The highest BCUT2D eigenvalue weighted by Gasteiger charge is 2.05. The summed E-state index contributed by atoms with van der Waals surface area (Å²) >= 11 is 5.89. The highest BCUT2D eigenvalue weighted by molar-refractivity contribution is 6.30. The quantitative estimate of drug-likeness (QED) is 0.796. The summed E-state index contributed by atoms with van der Waals surface area (Å²) in [5, 5.41) is 8.48. The van der Waals surface area contributed by atoms with E-state index in [1.165, 1.54) is 0 Å².